The molecule has 0 bridgehead atoms. The number of nitrogens with one attached hydrogen (secondary N) is 1. The van der Waals surface area contributed by atoms with E-state index in [1.807, 2.05) is 60.7 Å². The molecule has 3 aromatic rings. The molecule has 1 heterocycles. The van der Waals surface area contributed by atoms with E-state index in [-0.39, 0.29) is 12.5 Å². The van der Waals surface area contributed by atoms with Gasteiger partial charge >= 0.3 is 5.97 Å². The molecule has 1 saturated carbocycles. The van der Waals surface area contributed by atoms with Crippen LogP contribution in [-0.4, -0.2) is 34.8 Å². The molecule has 6 heteroatoms. The molecule has 1 amide bonds. The summed E-state index contributed by atoms with van der Waals surface area (Å²) < 4.78 is 6.99. The number of benzene rings is 2. The first kappa shape index (κ1) is 20.8. The van der Waals surface area contributed by atoms with Crippen LogP contribution in [-0.2, 0) is 9.53 Å². The first-order valence-corrected chi connectivity index (χ1v) is 10.8. The maximum Gasteiger partial charge on any atom is 0.342 e. The van der Waals surface area contributed by atoms with Gasteiger partial charge in [-0.1, -0.05) is 67.8 Å². The highest BCUT2D eigenvalue weighted by molar-refractivity contribution is 5.97. The third-order valence-corrected chi connectivity index (χ3v) is 5.65. The van der Waals surface area contributed by atoms with Crippen LogP contribution in [0, 0.1) is 5.92 Å². The number of ether oxygens (including phenoxy) is 1. The fourth-order valence-corrected chi connectivity index (χ4v) is 3.95. The van der Waals surface area contributed by atoms with Crippen LogP contribution in [0.5, 0.6) is 0 Å². The van der Waals surface area contributed by atoms with Crippen molar-refractivity contribution in [1.82, 2.24) is 15.1 Å². The van der Waals surface area contributed by atoms with Crippen molar-refractivity contribution in [3.05, 3.63) is 72.4 Å². The van der Waals surface area contributed by atoms with Gasteiger partial charge in [-0.2, -0.15) is 5.10 Å². The van der Waals surface area contributed by atoms with Crippen LogP contribution >= 0.6 is 0 Å². The van der Waals surface area contributed by atoms with E-state index in [9.17, 15) is 9.59 Å². The minimum Gasteiger partial charge on any atom is -0.452 e. The predicted molar refractivity (Wildman–Crippen MR) is 119 cm³/mol. The Morgan fingerprint density at radius 3 is 2.35 bits per heavy atom. The van der Waals surface area contributed by atoms with Gasteiger partial charge in [-0.25, -0.2) is 9.48 Å². The highest BCUT2D eigenvalue weighted by Gasteiger charge is 2.21. The molecule has 1 aliphatic rings. The van der Waals surface area contributed by atoms with E-state index in [0.717, 1.165) is 24.1 Å². The average molecular weight is 418 g/mol. The van der Waals surface area contributed by atoms with Crippen LogP contribution in [0.3, 0.4) is 0 Å². The number of aromatic nitrogens is 2. The van der Waals surface area contributed by atoms with Crippen molar-refractivity contribution >= 4 is 11.9 Å². The summed E-state index contributed by atoms with van der Waals surface area (Å²) >= 11 is 0. The summed E-state index contributed by atoms with van der Waals surface area (Å²) in [7, 11) is 0. The van der Waals surface area contributed by atoms with Crippen LogP contribution in [0.25, 0.3) is 16.9 Å². The van der Waals surface area contributed by atoms with Crippen molar-refractivity contribution in [3.63, 3.8) is 0 Å². The van der Waals surface area contributed by atoms with E-state index >= 15 is 0 Å². The maximum absolute atomic E-state index is 12.8. The van der Waals surface area contributed by atoms with E-state index < -0.39 is 5.97 Å². The fraction of sp³-hybridized carbons (Fsp3) is 0.320. The Kier molecular flexibility index (Phi) is 6.77. The van der Waals surface area contributed by atoms with E-state index in [1.165, 1.54) is 19.3 Å². The fourth-order valence-electron chi connectivity index (χ4n) is 3.95. The van der Waals surface area contributed by atoms with Crippen LogP contribution in [0.1, 0.15) is 42.5 Å². The quantitative estimate of drug-likeness (QED) is 0.579. The largest absolute Gasteiger partial charge is 0.452 e. The molecule has 1 aromatic heterocycles. The molecule has 0 unspecified atom stereocenters. The standard InChI is InChI=1S/C25H27N3O3/c29-23(26-16-19-10-4-1-5-11-19)18-31-25(30)22-17-28(21-14-8-3-9-15-21)27-24(22)20-12-6-2-7-13-20/h2-3,6-9,12-15,17,19H,1,4-5,10-11,16,18H2,(H,26,29). The lowest BCUT2D eigenvalue weighted by Gasteiger charge is -2.21. The molecule has 0 saturated heterocycles. The van der Waals surface area contributed by atoms with Gasteiger partial charge in [0.1, 0.15) is 11.3 Å². The van der Waals surface area contributed by atoms with Gasteiger partial charge in [-0.05, 0) is 30.9 Å². The van der Waals surface area contributed by atoms with Gasteiger partial charge in [0, 0.05) is 18.3 Å². The molecular formula is C25H27N3O3. The molecule has 0 atom stereocenters. The van der Waals surface area contributed by atoms with Gasteiger partial charge in [0.15, 0.2) is 6.61 Å². The lowest BCUT2D eigenvalue weighted by molar-refractivity contribution is -0.124. The van der Waals surface area contributed by atoms with E-state index in [4.69, 9.17) is 4.74 Å². The van der Waals surface area contributed by atoms with Crippen LogP contribution in [0.15, 0.2) is 66.9 Å². The molecule has 1 N–H and O–H groups in total. The Balaban J connectivity index is 1.45. The highest BCUT2D eigenvalue weighted by atomic mass is 16.5. The first-order chi connectivity index (χ1) is 15.2. The van der Waals surface area contributed by atoms with Crippen molar-refractivity contribution < 1.29 is 14.3 Å². The number of nitrogens with zero attached hydrogens (tertiary/aromatic N) is 2. The lowest BCUT2D eigenvalue weighted by atomic mass is 9.89. The summed E-state index contributed by atoms with van der Waals surface area (Å²) in [5.74, 6) is -0.299. The van der Waals surface area contributed by atoms with E-state index in [0.29, 0.717) is 23.7 Å². The summed E-state index contributed by atoms with van der Waals surface area (Å²) in [6.07, 6.45) is 7.69. The Morgan fingerprint density at radius 2 is 1.65 bits per heavy atom. The Bertz CT molecular complexity index is 1010. The van der Waals surface area contributed by atoms with Gasteiger partial charge in [0.05, 0.1) is 5.69 Å². The molecule has 0 radical (unpaired) electrons. The molecule has 0 aliphatic heterocycles. The summed E-state index contributed by atoms with van der Waals surface area (Å²) in [6, 6.07) is 19.1. The molecule has 1 fully saturated rings. The minimum absolute atomic E-state index is 0.268. The molecule has 1 aliphatic carbocycles. The van der Waals surface area contributed by atoms with Crippen LogP contribution < -0.4 is 5.32 Å². The zero-order chi connectivity index (χ0) is 21.5. The van der Waals surface area contributed by atoms with Crippen molar-refractivity contribution in [2.45, 2.75) is 32.1 Å². The van der Waals surface area contributed by atoms with E-state index in [2.05, 4.69) is 10.4 Å². The lowest BCUT2D eigenvalue weighted by Crippen LogP contribution is -2.33. The van der Waals surface area contributed by atoms with Crippen LogP contribution in [0.4, 0.5) is 0 Å². The number of carbonyl (C=O) groups is 2. The number of amides is 1. The summed E-state index contributed by atoms with van der Waals surface area (Å²) in [5.41, 5.74) is 2.50. The third kappa shape index (κ3) is 5.40. The highest BCUT2D eigenvalue weighted by Crippen LogP contribution is 2.25. The molecule has 0 spiro atoms. The van der Waals surface area contributed by atoms with Crippen LogP contribution in [0.2, 0.25) is 0 Å². The number of hydrogen-bond donors (Lipinski definition) is 1. The monoisotopic (exact) mass is 417 g/mol. The van der Waals surface area contributed by atoms with Gasteiger partial charge in [-0.15, -0.1) is 0 Å². The smallest absolute Gasteiger partial charge is 0.342 e. The minimum atomic E-state index is -0.561. The molecular weight excluding hydrogens is 390 g/mol. The Hall–Kier alpha value is -3.41. The Morgan fingerprint density at radius 1 is 0.968 bits per heavy atom. The topological polar surface area (TPSA) is 73.2 Å². The SMILES string of the molecule is O=C(COC(=O)c1cn(-c2ccccc2)nc1-c1ccccc1)NCC1CCCCC1. The second-order valence-corrected chi connectivity index (χ2v) is 7.92. The zero-order valence-corrected chi connectivity index (χ0v) is 17.5. The van der Waals surface area contributed by atoms with Gasteiger partial charge in [0.25, 0.3) is 5.91 Å². The second kappa shape index (κ2) is 10.1. The van der Waals surface area contributed by atoms with Crippen molar-refractivity contribution in [3.8, 4) is 16.9 Å². The van der Waals surface area contributed by atoms with E-state index in [1.54, 1.807) is 10.9 Å². The normalized spacial score (nSPS) is 14.2. The number of para-hydroxylation sites is 1. The van der Waals surface area contributed by atoms with Gasteiger partial charge < -0.3 is 10.1 Å². The van der Waals surface area contributed by atoms with Gasteiger partial charge in [0.2, 0.25) is 0 Å². The molecule has 2 aromatic carbocycles. The maximum atomic E-state index is 12.8. The molecule has 160 valence electrons. The number of hydrogen-bond acceptors (Lipinski definition) is 4. The first-order valence-electron chi connectivity index (χ1n) is 10.8. The van der Waals surface area contributed by atoms with Crippen molar-refractivity contribution in [1.29, 1.82) is 0 Å². The predicted octanol–water partition coefficient (Wildman–Crippen LogP) is 4.39. The molecule has 4 rings (SSSR count). The molecule has 31 heavy (non-hydrogen) atoms. The van der Waals surface area contributed by atoms with Crippen molar-refractivity contribution in [2.75, 3.05) is 13.2 Å². The zero-order valence-electron chi connectivity index (χ0n) is 17.5. The summed E-state index contributed by atoms with van der Waals surface area (Å²) in [5, 5.41) is 7.51. The number of esters is 1. The third-order valence-electron chi connectivity index (χ3n) is 5.65. The average Bonchev–Trinajstić information content (AvgIpc) is 3.29. The summed E-state index contributed by atoms with van der Waals surface area (Å²) in [4.78, 5) is 25.0. The second-order valence-electron chi connectivity index (χ2n) is 7.92. The molecule has 6 nitrogen and oxygen atoms in total. The summed E-state index contributed by atoms with van der Waals surface area (Å²) in [6.45, 7) is 0.355. The number of carbonyl (C=O) groups excluding carboxylic acids is 2. The van der Waals surface area contributed by atoms with Gasteiger partial charge in [-0.3, -0.25) is 4.79 Å². The Labute approximate surface area is 182 Å². The van der Waals surface area contributed by atoms with Crippen molar-refractivity contribution in [2.24, 2.45) is 5.92 Å². The number of rotatable bonds is 7.